The summed E-state index contributed by atoms with van der Waals surface area (Å²) in [7, 11) is 2.03. The fourth-order valence-electron chi connectivity index (χ4n) is 5.20. The molecule has 2 atom stereocenters. The fraction of sp³-hybridized carbons (Fsp3) is 0.522. The van der Waals surface area contributed by atoms with Gasteiger partial charge in [0.2, 0.25) is 5.91 Å². The quantitative estimate of drug-likeness (QED) is 0.463. The van der Waals surface area contributed by atoms with Crippen molar-refractivity contribution >= 4 is 28.6 Å². The van der Waals surface area contributed by atoms with Crippen LogP contribution in [0.25, 0.3) is 10.9 Å². The van der Waals surface area contributed by atoms with Gasteiger partial charge in [0.15, 0.2) is 0 Å². The minimum atomic E-state index is -0.874. The van der Waals surface area contributed by atoms with Crippen molar-refractivity contribution < 1.29 is 14.7 Å². The Hall–Kier alpha value is -2.87. The van der Waals surface area contributed by atoms with E-state index in [0.29, 0.717) is 6.54 Å². The van der Waals surface area contributed by atoms with E-state index >= 15 is 0 Å². The van der Waals surface area contributed by atoms with Gasteiger partial charge in [0, 0.05) is 36.4 Å². The number of benzene rings is 1. The zero-order valence-electron chi connectivity index (χ0n) is 18.0. The van der Waals surface area contributed by atoms with Crippen LogP contribution in [0, 0.1) is 5.41 Å². The third-order valence-corrected chi connectivity index (χ3v) is 6.84. The van der Waals surface area contributed by atoms with Gasteiger partial charge in [0.1, 0.15) is 5.84 Å². The molecule has 4 N–H and O–H groups in total. The number of hydrogen-bond acceptors (Lipinski definition) is 4. The van der Waals surface area contributed by atoms with Crippen LogP contribution in [0.5, 0.6) is 0 Å². The normalized spacial score (nSPS) is 21.8. The van der Waals surface area contributed by atoms with Gasteiger partial charge in [-0.2, -0.15) is 0 Å². The molecule has 3 heterocycles. The lowest BCUT2D eigenvalue weighted by atomic mass is 10.1. The number of aromatic nitrogens is 1. The molecule has 0 radical (unpaired) electrons. The maximum Gasteiger partial charge on any atom is 0.317 e. The Bertz CT molecular complexity index is 1010. The SMILES string of the molecule is Cn1c(CC[C@@H]2CCCN2C(=O)[C@H]2CCCN2CC(=O)O)cc2ccc(C(=N)N)cc21. The van der Waals surface area contributed by atoms with Gasteiger partial charge in [-0.25, -0.2) is 0 Å². The fourth-order valence-corrected chi connectivity index (χ4v) is 5.20. The second kappa shape index (κ2) is 8.70. The van der Waals surface area contributed by atoms with E-state index in [2.05, 4.69) is 10.6 Å². The lowest BCUT2D eigenvalue weighted by Crippen LogP contribution is -2.48. The average Bonchev–Trinajstić information content (AvgIpc) is 3.45. The molecule has 1 amide bonds. The average molecular weight is 426 g/mol. The van der Waals surface area contributed by atoms with Crippen LogP contribution in [0.3, 0.4) is 0 Å². The molecular weight excluding hydrogens is 394 g/mol. The van der Waals surface area contributed by atoms with Crippen molar-refractivity contribution in [3.8, 4) is 0 Å². The summed E-state index contributed by atoms with van der Waals surface area (Å²) >= 11 is 0. The van der Waals surface area contributed by atoms with Crippen LogP contribution in [-0.4, -0.2) is 68.9 Å². The number of likely N-dealkylation sites (tertiary alicyclic amines) is 2. The zero-order chi connectivity index (χ0) is 22.1. The molecule has 8 heteroatoms. The molecule has 2 saturated heterocycles. The number of carboxylic acid groups (broad SMARTS) is 1. The van der Waals surface area contributed by atoms with Crippen molar-refractivity contribution in [3.63, 3.8) is 0 Å². The van der Waals surface area contributed by atoms with Gasteiger partial charge in [-0.15, -0.1) is 0 Å². The smallest absolute Gasteiger partial charge is 0.317 e. The van der Waals surface area contributed by atoms with Crippen LogP contribution >= 0.6 is 0 Å². The molecule has 8 nitrogen and oxygen atoms in total. The first kappa shape index (κ1) is 21.4. The molecule has 2 aliphatic rings. The molecule has 0 saturated carbocycles. The van der Waals surface area contributed by atoms with Gasteiger partial charge in [0.05, 0.1) is 12.6 Å². The molecule has 0 aliphatic carbocycles. The molecule has 4 rings (SSSR count). The molecule has 2 aliphatic heterocycles. The van der Waals surface area contributed by atoms with Crippen LogP contribution in [0.1, 0.15) is 43.4 Å². The number of nitrogens with two attached hydrogens (primary N) is 1. The van der Waals surface area contributed by atoms with E-state index in [4.69, 9.17) is 16.2 Å². The molecule has 1 aromatic carbocycles. The lowest BCUT2D eigenvalue weighted by molar-refractivity contribution is -0.141. The van der Waals surface area contributed by atoms with E-state index in [9.17, 15) is 9.59 Å². The second-order valence-corrected chi connectivity index (χ2v) is 8.77. The van der Waals surface area contributed by atoms with Gasteiger partial charge in [-0.1, -0.05) is 12.1 Å². The number of rotatable bonds is 7. The highest BCUT2D eigenvalue weighted by Crippen LogP contribution is 2.28. The highest BCUT2D eigenvalue weighted by molar-refractivity contribution is 5.98. The number of aliphatic carboxylic acids is 1. The molecule has 0 bridgehead atoms. The van der Waals surface area contributed by atoms with E-state index in [0.717, 1.165) is 61.5 Å². The minimum Gasteiger partial charge on any atom is -0.480 e. The molecule has 1 aromatic heterocycles. The number of amides is 1. The monoisotopic (exact) mass is 425 g/mol. The topological polar surface area (TPSA) is 116 Å². The molecule has 0 unspecified atom stereocenters. The zero-order valence-corrected chi connectivity index (χ0v) is 18.0. The van der Waals surface area contributed by atoms with Crippen molar-refractivity contribution in [3.05, 3.63) is 35.5 Å². The number of nitrogens with one attached hydrogen (secondary N) is 1. The summed E-state index contributed by atoms with van der Waals surface area (Å²) in [5.74, 6) is -0.709. The highest BCUT2D eigenvalue weighted by Gasteiger charge is 2.38. The van der Waals surface area contributed by atoms with Crippen molar-refractivity contribution in [1.29, 1.82) is 5.41 Å². The minimum absolute atomic E-state index is 0.0624. The summed E-state index contributed by atoms with van der Waals surface area (Å²) in [5.41, 5.74) is 8.60. The van der Waals surface area contributed by atoms with E-state index in [-0.39, 0.29) is 30.4 Å². The first-order chi connectivity index (χ1) is 14.8. The van der Waals surface area contributed by atoms with Crippen molar-refractivity contribution in [1.82, 2.24) is 14.4 Å². The Labute approximate surface area is 182 Å². The summed E-state index contributed by atoms with van der Waals surface area (Å²) in [6, 6.07) is 7.90. The number of carboxylic acids is 1. The van der Waals surface area contributed by atoms with Crippen molar-refractivity contribution in [2.45, 2.75) is 50.6 Å². The molecule has 0 spiro atoms. The Balaban J connectivity index is 1.44. The first-order valence-electron chi connectivity index (χ1n) is 11.0. The maximum absolute atomic E-state index is 13.2. The van der Waals surface area contributed by atoms with Crippen LogP contribution in [0.15, 0.2) is 24.3 Å². The van der Waals surface area contributed by atoms with E-state index < -0.39 is 5.97 Å². The molecule has 166 valence electrons. The van der Waals surface area contributed by atoms with E-state index in [1.807, 2.05) is 35.0 Å². The summed E-state index contributed by atoms with van der Waals surface area (Å²) in [6.07, 6.45) is 5.37. The number of aryl methyl sites for hydroxylation is 2. The Morgan fingerprint density at radius 2 is 1.97 bits per heavy atom. The summed E-state index contributed by atoms with van der Waals surface area (Å²) < 4.78 is 2.15. The number of nitrogen functional groups attached to an aromatic ring is 1. The van der Waals surface area contributed by atoms with Crippen molar-refractivity contribution in [2.24, 2.45) is 12.8 Å². The maximum atomic E-state index is 13.2. The van der Waals surface area contributed by atoms with Crippen LogP contribution in [0.2, 0.25) is 0 Å². The largest absolute Gasteiger partial charge is 0.480 e. The predicted octanol–water partition coefficient (Wildman–Crippen LogP) is 1.93. The number of carbonyl (C=O) groups is 2. The van der Waals surface area contributed by atoms with Crippen molar-refractivity contribution in [2.75, 3.05) is 19.6 Å². The standard InChI is InChI=1S/C23H31N5O3/c1-26-18(12-15-6-7-16(22(24)25)13-20(15)26)9-8-17-4-2-11-28(17)23(31)19-5-3-10-27(19)14-21(29)30/h6-7,12-13,17,19H,2-5,8-11,14H2,1H3,(H3,24,25)(H,29,30)/t17-,19+/m0/s1. The van der Waals surface area contributed by atoms with Crippen LogP contribution in [0.4, 0.5) is 0 Å². The van der Waals surface area contributed by atoms with E-state index in [1.165, 1.54) is 5.69 Å². The van der Waals surface area contributed by atoms with E-state index in [1.54, 1.807) is 0 Å². The molecule has 2 aromatic rings. The van der Waals surface area contributed by atoms with Gasteiger partial charge in [-0.05, 0) is 62.6 Å². The third-order valence-electron chi connectivity index (χ3n) is 6.84. The Morgan fingerprint density at radius 1 is 1.19 bits per heavy atom. The Morgan fingerprint density at radius 3 is 2.71 bits per heavy atom. The van der Waals surface area contributed by atoms with Gasteiger partial charge >= 0.3 is 5.97 Å². The first-order valence-corrected chi connectivity index (χ1v) is 11.0. The molecule has 2 fully saturated rings. The highest BCUT2D eigenvalue weighted by atomic mass is 16.4. The summed E-state index contributed by atoms with van der Waals surface area (Å²) in [5, 5.41) is 17.9. The third kappa shape index (κ3) is 4.30. The summed E-state index contributed by atoms with van der Waals surface area (Å²) in [4.78, 5) is 28.2. The second-order valence-electron chi connectivity index (χ2n) is 8.77. The lowest BCUT2D eigenvalue weighted by Gasteiger charge is -2.31. The number of amidine groups is 1. The Kier molecular flexibility index (Phi) is 6.00. The number of fused-ring (bicyclic) bond motifs is 1. The van der Waals surface area contributed by atoms with Gasteiger partial charge in [-0.3, -0.25) is 19.9 Å². The van der Waals surface area contributed by atoms with Crippen LogP contribution in [-0.2, 0) is 23.1 Å². The molecule has 31 heavy (non-hydrogen) atoms. The number of hydrogen-bond donors (Lipinski definition) is 3. The number of nitrogens with zero attached hydrogens (tertiary/aromatic N) is 3. The summed E-state index contributed by atoms with van der Waals surface area (Å²) in [6.45, 7) is 1.38. The molecular formula is C23H31N5O3. The predicted molar refractivity (Wildman–Crippen MR) is 119 cm³/mol. The number of carbonyl (C=O) groups excluding carboxylic acids is 1. The van der Waals surface area contributed by atoms with Gasteiger partial charge < -0.3 is 20.3 Å². The van der Waals surface area contributed by atoms with Crippen LogP contribution < -0.4 is 5.73 Å². The van der Waals surface area contributed by atoms with Gasteiger partial charge in [0.25, 0.3) is 0 Å².